The van der Waals surface area contributed by atoms with Gasteiger partial charge in [0, 0.05) is 10.1 Å². The molecule has 2 fully saturated rings. The molecule has 0 aliphatic carbocycles. The number of fused-ring (bicyclic) bond motifs is 1. The van der Waals surface area contributed by atoms with Gasteiger partial charge < -0.3 is 10.0 Å². The van der Waals surface area contributed by atoms with Gasteiger partial charge in [-0.3, -0.25) is 4.79 Å². The molecule has 0 radical (unpaired) electrons. The van der Waals surface area contributed by atoms with Gasteiger partial charge >= 0.3 is 5.97 Å². The van der Waals surface area contributed by atoms with Crippen LogP contribution in [0.5, 0.6) is 0 Å². The number of hydrogen-bond acceptors (Lipinski definition) is 3. The molecule has 0 aromatic heterocycles. The minimum Gasteiger partial charge on any atom is -0.480 e. The Balaban J connectivity index is 2.28. The molecule has 0 spiro atoms. The number of carbonyl (C=O) groups is 2. The lowest BCUT2D eigenvalue weighted by Gasteiger charge is -2.42. The van der Waals surface area contributed by atoms with Crippen LogP contribution in [0.4, 0.5) is 0 Å². The predicted octanol–water partition coefficient (Wildman–Crippen LogP) is 1.14. The molecule has 0 aromatic carbocycles. The summed E-state index contributed by atoms with van der Waals surface area (Å²) in [5.74, 6) is -1.00. The van der Waals surface area contributed by atoms with Crippen molar-refractivity contribution >= 4 is 39.6 Å². The molecule has 2 aliphatic rings. The topological polar surface area (TPSA) is 57.6 Å². The van der Waals surface area contributed by atoms with E-state index < -0.39 is 16.8 Å². The Labute approximate surface area is 101 Å². The van der Waals surface area contributed by atoms with Crippen molar-refractivity contribution in [1.29, 1.82) is 0 Å². The first-order chi connectivity index (χ1) is 6.90. The summed E-state index contributed by atoms with van der Waals surface area (Å²) in [6.45, 7) is 3.76. The standard InChI is InChI=1S/C9H12BrNO3S/c1-9(2)5(8(13)14)11-6(12)4(3-10)7(11)15-9/h4-5,7H,3H2,1-2H3,(H,13,14)/t4?,5-,7+/m0/s1. The van der Waals surface area contributed by atoms with Crippen molar-refractivity contribution in [3.8, 4) is 0 Å². The first-order valence-electron chi connectivity index (χ1n) is 4.69. The highest BCUT2D eigenvalue weighted by atomic mass is 79.9. The number of carbonyl (C=O) groups excluding carboxylic acids is 1. The number of carboxylic acids is 1. The molecule has 4 nitrogen and oxygen atoms in total. The molecule has 2 saturated heterocycles. The Bertz CT molecular complexity index is 333. The van der Waals surface area contributed by atoms with Gasteiger partial charge in [0.1, 0.15) is 6.04 Å². The molecule has 1 unspecified atom stereocenters. The number of alkyl halides is 1. The van der Waals surface area contributed by atoms with Crippen molar-refractivity contribution in [2.45, 2.75) is 30.0 Å². The van der Waals surface area contributed by atoms with Crippen LogP contribution in [0.15, 0.2) is 0 Å². The zero-order valence-electron chi connectivity index (χ0n) is 8.44. The van der Waals surface area contributed by atoms with Crippen molar-refractivity contribution in [1.82, 2.24) is 4.90 Å². The number of nitrogens with zero attached hydrogens (tertiary/aromatic N) is 1. The summed E-state index contributed by atoms with van der Waals surface area (Å²) in [6, 6.07) is -0.685. The van der Waals surface area contributed by atoms with Crippen LogP contribution < -0.4 is 0 Å². The number of rotatable bonds is 2. The van der Waals surface area contributed by atoms with E-state index in [-0.39, 0.29) is 17.2 Å². The van der Waals surface area contributed by atoms with Crippen LogP contribution in [-0.4, -0.2) is 43.4 Å². The maximum atomic E-state index is 11.7. The van der Waals surface area contributed by atoms with Gasteiger partial charge in [-0.05, 0) is 13.8 Å². The zero-order chi connectivity index (χ0) is 11.4. The van der Waals surface area contributed by atoms with E-state index in [0.29, 0.717) is 5.33 Å². The fourth-order valence-corrected chi connectivity index (χ4v) is 4.79. The van der Waals surface area contributed by atoms with Gasteiger partial charge in [0.05, 0.1) is 11.3 Å². The molecular formula is C9H12BrNO3S. The molecule has 1 amide bonds. The second-order valence-electron chi connectivity index (χ2n) is 4.36. The van der Waals surface area contributed by atoms with Crippen LogP contribution in [0.3, 0.4) is 0 Å². The van der Waals surface area contributed by atoms with Gasteiger partial charge in [0.25, 0.3) is 0 Å². The third-order valence-corrected chi connectivity index (χ3v) is 5.28. The van der Waals surface area contributed by atoms with E-state index in [0.717, 1.165) is 0 Å². The molecule has 2 rings (SSSR count). The van der Waals surface area contributed by atoms with Gasteiger partial charge in [-0.25, -0.2) is 4.79 Å². The number of β-lactam (4-membered cyclic amide) rings is 1. The summed E-state index contributed by atoms with van der Waals surface area (Å²) in [7, 11) is 0. The first-order valence-corrected chi connectivity index (χ1v) is 6.69. The first kappa shape index (κ1) is 11.3. The van der Waals surface area contributed by atoms with E-state index in [1.807, 2.05) is 13.8 Å². The summed E-state index contributed by atoms with van der Waals surface area (Å²) < 4.78 is -0.400. The normalized spacial score (nSPS) is 37.4. The molecule has 1 N–H and O–H groups in total. The van der Waals surface area contributed by atoms with Crippen LogP contribution >= 0.6 is 27.7 Å². The smallest absolute Gasteiger partial charge is 0.327 e. The van der Waals surface area contributed by atoms with Gasteiger partial charge in [0.2, 0.25) is 5.91 Å². The van der Waals surface area contributed by atoms with Crippen LogP contribution in [0.1, 0.15) is 13.8 Å². The van der Waals surface area contributed by atoms with Crippen molar-refractivity contribution < 1.29 is 14.7 Å². The van der Waals surface area contributed by atoms with E-state index in [9.17, 15) is 9.59 Å². The summed E-state index contributed by atoms with van der Waals surface area (Å²) in [5, 5.41) is 9.78. The highest BCUT2D eigenvalue weighted by Gasteiger charge is 2.63. The fraction of sp³-hybridized carbons (Fsp3) is 0.778. The fourth-order valence-electron chi connectivity index (χ4n) is 2.23. The van der Waals surface area contributed by atoms with Gasteiger partial charge in [-0.15, -0.1) is 11.8 Å². The van der Waals surface area contributed by atoms with Crippen molar-refractivity contribution in [3.05, 3.63) is 0 Å². The second kappa shape index (κ2) is 3.38. The number of hydrogen-bond donors (Lipinski definition) is 1. The van der Waals surface area contributed by atoms with Gasteiger partial charge in [-0.1, -0.05) is 15.9 Å². The van der Waals surface area contributed by atoms with Crippen molar-refractivity contribution in [2.24, 2.45) is 5.92 Å². The highest BCUT2D eigenvalue weighted by Crippen LogP contribution is 2.53. The third-order valence-electron chi connectivity index (χ3n) is 2.95. The van der Waals surface area contributed by atoms with E-state index in [2.05, 4.69) is 15.9 Å². The summed E-state index contributed by atoms with van der Waals surface area (Å²) in [4.78, 5) is 24.3. The number of amides is 1. The lowest BCUT2D eigenvalue weighted by molar-refractivity contribution is -0.162. The molecule has 84 valence electrons. The van der Waals surface area contributed by atoms with E-state index in [4.69, 9.17) is 5.11 Å². The van der Waals surface area contributed by atoms with E-state index in [1.165, 1.54) is 4.90 Å². The molecule has 15 heavy (non-hydrogen) atoms. The zero-order valence-corrected chi connectivity index (χ0v) is 10.8. The Kier molecular flexibility index (Phi) is 2.54. The largest absolute Gasteiger partial charge is 0.480 e. The average molecular weight is 294 g/mol. The minimum atomic E-state index is -0.906. The lowest BCUT2D eigenvalue weighted by Crippen LogP contribution is -2.63. The van der Waals surface area contributed by atoms with Crippen LogP contribution in [0, 0.1) is 5.92 Å². The minimum absolute atomic E-state index is 0.0352. The number of halogens is 1. The number of aliphatic carboxylic acids is 1. The van der Waals surface area contributed by atoms with Crippen molar-refractivity contribution in [3.63, 3.8) is 0 Å². The summed E-state index contributed by atoms with van der Waals surface area (Å²) >= 11 is 4.87. The molecule has 0 saturated carbocycles. The van der Waals surface area contributed by atoms with E-state index in [1.54, 1.807) is 11.8 Å². The van der Waals surface area contributed by atoms with Gasteiger partial charge in [-0.2, -0.15) is 0 Å². The average Bonchev–Trinajstić information content (AvgIpc) is 2.35. The molecule has 2 aliphatic heterocycles. The Morgan fingerprint density at radius 3 is 2.73 bits per heavy atom. The third kappa shape index (κ3) is 1.41. The summed E-state index contributed by atoms with van der Waals surface area (Å²) in [5.41, 5.74) is 0. The maximum absolute atomic E-state index is 11.7. The van der Waals surface area contributed by atoms with Crippen LogP contribution in [0.25, 0.3) is 0 Å². The molecule has 6 heteroatoms. The number of carboxylic acid groups (broad SMARTS) is 1. The van der Waals surface area contributed by atoms with E-state index >= 15 is 0 Å². The maximum Gasteiger partial charge on any atom is 0.327 e. The second-order valence-corrected chi connectivity index (χ2v) is 6.78. The number of thioether (sulfide) groups is 1. The monoisotopic (exact) mass is 293 g/mol. The quantitative estimate of drug-likeness (QED) is 0.613. The van der Waals surface area contributed by atoms with Crippen LogP contribution in [-0.2, 0) is 9.59 Å². The van der Waals surface area contributed by atoms with Gasteiger partial charge in [0.15, 0.2) is 0 Å². The SMILES string of the molecule is CC1(C)S[C@@H]2C(CBr)C(=O)N2[C@H]1C(=O)O. The Hall–Kier alpha value is -0.230. The highest BCUT2D eigenvalue weighted by molar-refractivity contribution is 9.09. The Morgan fingerprint density at radius 1 is 1.67 bits per heavy atom. The molecule has 2 heterocycles. The lowest BCUT2D eigenvalue weighted by atomic mass is 9.93. The van der Waals surface area contributed by atoms with Crippen molar-refractivity contribution in [2.75, 3.05) is 5.33 Å². The summed E-state index contributed by atoms with van der Waals surface area (Å²) in [6.07, 6.45) is 0. The molecular weight excluding hydrogens is 282 g/mol. The molecule has 0 bridgehead atoms. The Morgan fingerprint density at radius 2 is 2.27 bits per heavy atom. The predicted molar refractivity (Wildman–Crippen MR) is 61.0 cm³/mol. The van der Waals surface area contributed by atoms with Crippen LogP contribution in [0.2, 0.25) is 0 Å². The molecule has 0 aromatic rings. The molecule has 3 atom stereocenters.